The Morgan fingerprint density at radius 3 is 2.65 bits per heavy atom. The first kappa shape index (κ1) is 12.6. The molecule has 0 fully saturated rings. The van der Waals surface area contributed by atoms with Crippen molar-refractivity contribution < 1.29 is 0 Å². The van der Waals surface area contributed by atoms with Gasteiger partial charge in [-0.15, -0.1) is 11.3 Å². The Kier molecular flexibility index (Phi) is 3.55. The van der Waals surface area contributed by atoms with Gasteiger partial charge in [-0.05, 0) is 40.7 Å². The SMILES string of the molecule is CC(C)(C)C(N)CCc1csc2ccccc12. The number of rotatable bonds is 3. The van der Waals surface area contributed by atoms with Crippen LogP contribution in [-0.4, -0.2) is 6.04 Å². The molecule has 1 atom stereocenters. The van der Waals surface area contributed by atoms with Crippen molar-refractivity contribution in [3.8, 4) is 0 Å². The van der Waals surface area contributed by atoms with E-state index in [4.69, 9.17) is 5.73 Å². The molecule has 0 aliphatic heterocycles. The quantitative estimate of drug-likeness (QED) is 0.864. The van der Waals surface area contributed by atoms with Gasteiger partial charge in [-0.25, -0.2) is 0 Å². The molecule has 2 heteroatoms. The second kappa shape index (κ2) is 4.79. The molecule has 0 amide bonds. The Morgan fingerprint density at radius 1 is 1.24 bits per heavy atom. The lowest BCUT2D eigenvalue weighted by molar-refractivity contribution is 0.306. The highest BCUT2D eigenvalue weighted by Crippen LogP contribution is 2.28. The normalized spacial score (nSPS) is 14.1. The van der Waals surface area contributed by atoms with Crippen LogP contribution in [0.15, 0.2) is 29.6 Å². The smallest absolute Gasteiger partial charge is 0.0345 e. The summed E-state index contributed by atoms with van der Waals surface area (Å²) in [6.45, 7) is 6.64. The summed E-state index contributed by atoms with van der Waals surface area (Å²) < 4.78 is 1.38. The third-order valence-electron chi connectivity index (χ3n) is 3.40. The zero-order valence-electron chi connectivity index (χ0n) is 10.9. The van der Waals surface area contributed by atoms with Gasteiger partial charge < -0.3 is 5.73 Å². The van der Waals surface area contributed by atoms with Crippen LogP contribution in [0.25, 0.3) is 10.1 Å². The van der Waals surface area contributed by atoms with Crippen LogP contribution in [0.4, 0.5) is 0 Å². The topological polar surface area (TPSA) is 26.0 Å². The van der Waals surface area contributed by atoms with Gasteiger partial charge in [0.2, 0.25) is 0 Å². The highest BCUT2D eigenvalue weighted by molar-refractivity contribution is 7.17. The predicted octanol–water partition coefficient (Wildman–Crippen LogP) is 4.21. The Hall–Kier alpha value is -0.860. The maximum absolute atomic E-state index is 6.21. The highest BCUT2D eigenvalue weighted by Gasteiger charge is 2.20. The molecule has 2 aromatic rings. The first-order valence-corrected chi connectivity index (χ1v) is 7.07. The summed E-state index contributed by atoms with van der Waals surface area (Å²) in [4.78, 5) is 0. The second-order valence-corrected chi connectivity index (χ2v) is 6.68. The van der Waals surface area contributed by atoms with Crippen molar-refractivity contribution in [1.29, 1.82) is 0 Å². The average molecular weight is 247 g/mol. The van der Waals surface area contributed by atoms with Crippen molar-refractivity contribution in [2.45, 2.75) is 39.7 Å². The lowest BCUT2D eigenvalue weighted by Gasteiger charge is -2.26. The lowest BCUT2D eigenvalue weighted by Crippen LogP contribution is -2.35. The third kappa shape index (κ3) is 2.88. The van der Waals surface area contributed by atoms with Crippen LogP contribution in [0.3, 0.4) is 0 Å². The van der Waals surface area contributed by atoms with Crippen molar-refractivity contribution in [3.63, 3.8) is 0 Å². The number of hydrogen-bond donors (Lipinski definition) is 1. The standard InChI is InChI=1S/C15H21NS/c1-15(2,3)14(16)9-8-11-10-17-13-7-5-4-6-12(11)13/h4-7,10,14H,8-9,16H2,1-3H3. The molecule has 0 radical (unpaired) electrons. The minimum Gasteiger partial charge on any atom is -0.327 e. The Bertz CT molecular complexity index is 493. The van der Waals surface area contributed by atoms with E-state index in [2.05, 4.69) is 50.4 Å². The fourth-order valence-corrected chi connectivity index (χ4v) is 2.97. The fraction of sp³-hybridized carbons (Fsp3) is 0.467. The molecule has 0 saturated heterocycles. The van der Waals surface area contributed by atoms with Crippen molar-refractivity contribution in [1.82, 2.24) is 0 Å². The minimum atomic E-state index is 0.200. The van der Waals surface area contributed by atoms with E-state index in [1.165, 1.54) is 15.6 Å². The summed E-state index contributed by atoms with van der Waals surface area (Å²) in [7, 11) is 0. The summed E-state index contributed by atoms with van der Waals surface area (Å²) in [5, 5.41) is 3.68. The molecule has 1 heterocycles. The fourth-order valence-electron chi connectivity index (χ4n) is 1.97. The van der Waals surface area contributed by atoms with Crippen molar-refractivity contribution in [2.75, 3.05) is 0 Å². The molecule has 1 aromatic carbocycles. The van der Waals surface area contributed by atoms with Gasteiger partial charge in [0.1, 0.15) is 0 Å². The van der Waals surface area contributed by atoms with E-state index in [-0.39, 0.29) is 11.5 Å². The summed E-state index contributed by atoms with van der Waals surface area (Å²) in [5.41, 5.74) is 7.86. The molecule has 17 heavy (non-hydrogen) atoms. The first-order chi connectivity index (χ1) is 7.98. The van der Waals surface area contributed by atoms with E-state index in [1.54, 1.807) is 0 Å². The Morgan fingerprint density at radius 2 is 1.94 bits per heavy atom. The Labute approximate surface area is 108 Å². The molecule has 1 unspecified atom stereocenters. The van der Waals surface area contributed by atoms with Crippen LogP contribution in [-0.2, 0) is 6.42 Å². The number of benzene rings is 1. The van der Waals surface area contributed by atoms with Gasteiger partial charge >= 0.3 is 0 Å². The number of nitrogens with two attached hydrogens (primary N) is 1. The minimum absolute atomic E-state index is 0.200. The van der Waals surface area contributed by atoms with E-state index in [0.717, 1.165) is 12.8 Å². The maximum atomic E-state index is 6.21. The van der Waals surface area contributed by atoms with Crippen molar-refractivity contribution >= 4 is 21.4 Å². The molecule has 0 aliphatic carbocycles. The molecular formula is C15H21NS. The average Bonchev–Trinajstić information content (AvgIpc) is 2.68. The molecule has 2 rings (SSSR count). The molecule has 1 nitrogen and oxygen atoms in total. The third-order valence-corrected chi connectivity index (χ3v) is 4.41. The molecule has 0 bridgehead atoms. The second-order valence-electron chi connectivity index (χ2n) is 5.77. The first-order valence-electron chi connectivity index (χ1n) is 6.19. The summed E-state index contributed by atoms with van der Waals surface area (Å²) in [5.74, 6) is 0. The van der Waals surface area contributed by atoms with Crippen molar-refractivity contribution in [2.24, 2.45) is 11.1 Å². The van der Waals surface area contributed by atoms with Crippen LogP contribution in [0.2, 0.25) is 0 Å². The largest absolute Gasteiger partial charge is 0.327 e. The van der Waals surface area contributed by atoms with Crippen LogP contribution in [0.1, 0.15) is 32.8 Å². The summed E-state index contributed by atoms with van der Waals surface area (Å²) >= 11 is 1.83. The van der Waals surface area contributed by atoms with Gasteiger partial charge in [-0.2, -0.15) is 0 Å². The summed E-state index contributed by atoms with van der Waals surface area (Å²) in [6, 6.07) is 8.88. The lowest BCUT2D eigenvalue weighted by atomic mass is 9.84. The van der Waals surface area contributed by atoms with E-state index < -0.39 is 0 Å². The van der Waals surface area contributed by atoms with Crippen LogP contribution >= 0.6 is 11.3 Å². The van der Waals surface area contributed by atoms with Crippen LogP contribution < -0.4 is 5.73 Å². The number of thiophene rings is 1. The van der Waals surface area contributed by atoms with E-state index >= 15 is 0 Å². The molecule has 92 valence electrons. The Balaban J connectivity index is 2.09. The predicted molar refractivity (Wildman–Crippen MR) is 77.6 cm³/mol. The molecule has 2 N–H and O–H groups in total. The van der Waals surface area contributed by atoms with E-state index in [1.807, 2.05) is 11.3 Å². The van der Waals surface area contributed by atoms with Crippen molar-refractivity contribution in [3.05, 3.63) is 35.2 Å². The van der Waals surface area contributed by atoms with E-state index in [0.29, 0.717) is 0 Å². The number of hydrogen-bond acceptors (Lipinski definition) is 2. The summed E-state index contributed by atoms with van der Waals surface area (Å²) in [6.07, 6.45) is 2.15. The van der Waals surface area contributed by atoms with Gasteiger partial charge in [-0.1, -0.05) is 39.0 Å². The van der Waals surface area contributed by atoms with Crippen LogP contribution in [0.5, 0.6) is 0 Å². The number of fused-ring (bicyclic) bond motifs is 1. The maximum Gasteiger partial charge on any atom is 0.0345 e. The van der Waals surface area contributed by atoms with Gasteiger partial charge in [0.25, 0.3) is 0 Å². The van der Waals surface area contributed by atoms with Gasteiger partial charge in [0.15, 0.2) is 0 Å². The van der Waals surface area contributed by atoms with E-state index in [9.17, 15) is 0 Å². The monoisotopic (exact) mass is 247 g/mol. The highest BCUT2D eigenvalue weighted by atomic mass is 32.1. The van der Waals surface area contributed by atoms with Gasteiger partial charge in [0.05, 0.1) is 0 Å². The number of aryl methyl sites for hydroxylation is 1. The molecule has 0 spiro atoms. The molecular weight excluding hydrogens is 226 g/mol. The molecule has 0 saturated carbocycles. The molecule has 1 aromatic heterocycles. The zero-order chi connectivity index (χ0) is 12.5. The van der Waals surface area contributed by atoms with Gasteiger partial charge in [-0.3, -0.25) is 0 Å². The molecule has 0 aliphatic rings. The van der Waals surface area contributed by atoms with Crippen LogP contribution in [0, 0.1) is 5.41 Å². The zero-order valence-corrected chi connectivity index (χ0v) is 11.7. The van der Waals surface area contributed by atoms with Gasteiger partial charge in [0, 0.05) is 10.7 Å².